The highest BCUT2D eigenvalue weighted by Crippen LogP contribution is 2.17. The van der Waals surface area contributed by atoms with Gasteiger partial charge in [0.2, 0.25) is 0 Å². The Morgan fingerprint density at radius 2 is 1.89 bits per heavy atom. The maximum absolute atomic E-state index is 4.63. The van der Waals surface area contributed by atoms with Crippen LogP contribution < -0.4 is 10.6 Å². The van der Waals surface area contributed by atoms with Gasteiger partial charge in [-0.15, -0.1) is 0 Å². The van der Waals surface area contributed by atoms with Gasteiger partial charge in [0.1, 0.15) is 5.82 Å². The minimum absolute atomic E-state index is 0.465. The highest BCUT2D eigenvalue weighted by molar-refractivity contribution is 5.40. The molecule has 0 spiro atoms. The molecule has 0 aliphatic heterocycles. The Labute approximate surface area is 111 Å². The van der Waals surface area contributed by atoms with E-state index < -0.39 is 0 Å². The SMILES string of the molecule is CCNc1cc(CNCC(C)C)cc(C(C)C)n1. The molecule has 0 bridgehead atoms. The Morgan fingerprint density at radius 1 is 1.17 bits per heavy atom. The summed E-state index contributed by atoms with van der Waals surface area (Å²) in [5, 5.41) is 6.78. The lowest BCUT2D eigenvalue weighted by Crippen LogP contribution is -2.19. The number of aromatic nitrogens is 1. The Balaban J connectivity index is 2.75. The zero-order chi connectivity index (χ0) is 13.5. The lowest BCUT2D eigenvalue weighted by Gasteiger charge is -2.13. The number of nitrogens with zero attached hydrogens (tertiary/aromatic N) is 1. The van der Waals surface area contributed by atoms with Crippen LogP contribution in [0.4, 0.5) is 5.82 Å². The number of hydrogen-bond donors (Lipinski definition) is 2. The molecule has 0 fully saturated rings. The molecule has 3 nitrogen and oxygen atoms in total. The van der Waals surface area contributed by atoms with Gasteiger partial charge in [-0.05, 0) is 43.0 Å². The van der Waals surface area contributed by atoms with Crippen molar-refractivity contribution in [3.05, 3.63) is 23.4 Å². The highest BCUT2D eigenvalue weighted by Gasteiger charge is 2.06. The van der Waals surface area contributed by atoms with Gasteiger partial charge in [0.25, 0.3) is 0 Å². The normalized spacial score (nSPS) is 11.3. The molecule has 1 rings (SSSR count). The number of hydrogen-bond acceptors (Lipinski definition) is 3. The average molecular weight is 249 g/mol. The van der Waals surface area contributed by atoms with Crippen molar-refractivity contribution in [2.24, 2.45) is 5.92 Å². The van der Waals surface area contributed by atoms with Crippen molar-refractivity contribution in [3.8, 4) is 0 Å². The lowest BCUT2D eigenvalue weighted by molar-refractivity contribution is 0.552. The number of anilines is 1. The van der Waals surface area contributed by atoms with Gasteiger partial charge in [-0.25, -0.2) is 4.98 Å². The summed E-state index contributed by atoms with van der Waals surface area (Å²) in [6.07, 6.45) is 0. The van der Waals surface area contributed by atoms with E-state index in [-0.39, 0.29) is 0 Å². The molecule has 0 saturated carbocycles. The molecular weight excluding hydrogens is 222 g/mol. The molecule has 2 N–H and O–H groups in total. The van der Waals surface area contributed by atoms with Gasteiger partial charge in [0, 0.05) is 18.8 Å². The molecule has 1 aromatic heterocycles. The molecular formula is C15H27N3. The maximum atomic E-state index is 4.63. The zero-order valence-electron chi connectivity index (χ0n) is 12.4. The van der Waals surface area contributed by atoms with E-state index in [0.29, 0.717) is 11.8 Å². The van der Waals surface area contributed by atoms with E-state index in [9.17, 15) is 0 Å². The highest BCUT2D eigenvalue weighted by atomic mass is 15.0. The molecule has 18 heavy (non-hydrogen) atoms. The Kier molecular flexibility index (Phi) is 6.13. The van der Waals surface area contributed by atoms with Gasteiger partial charge in [0.15, 0.2) is 0 Å². The molecule has 0 radical (unpaired) electrons. The number of pyridine rings is 1. The third-order valence-electron chi connectivity index (χ3n) is 2.74. The largest absolute Gasteiger partial charge is 0.370 e. The van der Waals surface area contributed by atoms with E-state index >= 15 is 0 Å². The van der Waals surface area contributed by atoms with Crippen molar-refractivity contribution in [2.45, 2.75) is 47.1 Å². The molecule has 0 aromatic carbocycles. The maximum Gasteiger partial charge on any atom is 0.126 e. The van der Waals surface area contributed by atoms with E-state index in [2.05, 4.69) is 62.4 Å². The number of nitrogens with one attached hydrogen (secondary N) is 2. The molecule has 0 amide bonds. The van der Waals surface area contributed by atoms with Crippen LogP contribution in [-0.2, 0) is 6.54 Å². The topological polar surface area (TPSA) is 37.0 Å². The van der Waals surface area contributed by atoms with Crippen molar-refractivity contribution in [3.63, 3.8) is 0 Å². The second kappa shape index (κ2) is 7.37. The summed E-state index contributed by atoms with van der Waals surface area (Å²) >= 11 is 0. The Morgan fingerprint density at radius 3 is 2.44 bits per heavy atom. The van der Waals surface area contributed by atoms with Gasteiger partial charge in [-0.3, -0.25) is 0 Å². The van der Waals surface area contributed by atoms with Crippen LogP contribution in [0.15, 0.2) is 12.1 Å². The van der Waals surface area contributed by atoms with Gasteiger partial charge >= 0.3 is 0 Å². The lowest BCUT2D eigenvalue weighted by atomic mass is 10.1. The average Bonchev–Trinajstić information content (AvgIpc) is 2.28. The van der Waals surface area contributed by atoms with Gasteiger partial charge in [-0.1, -0.05) is 27.7 Å². The third-order valence-corrected chi connectivity index (χ3v) is 2.74. The van der Waals surface area contributed by atoms with Crippen molar-refractivity contribution < 1.29 is 0 Å². The molecule has 1 aromatic rings. The smallest absolute Gasteiger partial charge is 0.126 e. The summed E-state index contributed by atoms with van der Waals surface area (Å²) < 4.78 is 0. The molecule has 0 aliphatic carbocycles. The standard InChI is InChI=1S/C15H27N3/c1-6-17-15-8-13(10-16-9-11(2)3)7-14(18-15)12(4)5/h7-8,11-12,16H,6,9-10H2,1-5H3,(H,17,18). The van der Waals surface area contributed by atoms with Crippen molar-refractivity contribution >= 4 is 5.82 Å². The second-order valence-corrected chi connectivity index (χ2v) is 5.50. The zero-order valence-corrected chi connectivity index (χ0v) is 12.4. The molecule has 0 saturated heterocycles. The number of rotatable bonds is 7. The molecule has 1 heterocycles. The van der Waals surface area contributed by atoms with Gasteiger partial charge < -0.3 is 10.6 Å². The predicted octanol–water partition coefficient (Wildman–Crippen LogP) is 3.38. The summed E-state index contributed by atoms with van der Waals surface area (Å²) in [5.41, 5.74) is 2.47. The van der Waals surface area contributed by atoms with Crippen LogP contribution in [0.5, 0.6) is 0 Å². The van der Waals surface area contributed by atoms with E-state index in [0.717, 1.165) is 31.1 Å². The second-order valence-electron chi connectivity index (χ2n) is 5.50. The first kappa shape index (κ1) is 15.0. The summed E-state index contributed by atoms with van der Waals surface area (Å²) in [6, 6.07) is 4.35. The first-order chi connectivity index (χ1) is 8.52. The summed E-state index contributed by atoms with van der Waals surface area (Å²) in [7, 11) is 0. The molecule has 0 atom stereocenters. The van der Waals surface area contributed by atoms with Crippen LogP contribution in [0.25, 0.3) is 0 Å². The van der Waals surface area contributed by atoms with Crippen LogP contribution in [0.2, 0.25) is 0 Å². The minimum atomic E-state index is 0.465. The van der Waals surface area contributed by atoms with Crippen LogP contribution in [0.3, 0.4) is 0 Å². The Hall–Kier alpha value is -1.09. The fourth-order valence-corrected chi connectivity index (χ4v) is 1.79. The van der Waals surface area contributed by atoms with Crippen LogP contribution in [0, 0.1) is 5.92 Å². The quantitative estimate of drug-likeness (QED) is 0.778. The van der Waals surface area contributed by atoms with Crippen LogP contribution >= 0.6 is 0 Å². The van der Waals surface area contributed by atoms with Crippen molar-refractivity contribution in [1.82, 2.24) is 10.3 Å². The summed E-state index contributed by atoms with van der Waals surface area (Å²) in [5.74, 6) is 2.14. The first-order valence-electron chi connectivity index (χ1n) is 6.98. The van der Waals surface area contributed by atoms with Crippen LogP contribution in [-0.4, -0.2) is 18.1 Å². The fraction of sp³-hybridized carbons (Fsp3) is 0.667. The van der Waals surface area contributed by atoms with Gasteiger partial charge in [-0.2, -0.15) is 0 Å². The predicted molar refractivity (Wildman–Crippen MR) is 79.0 cm³/mol. The molecule has 0 unspecified atom stereocenters. The monoisotopic (exact) mass is 249 g/mol. The Bertz CT molecular complexity index is 359. The van der Waals surface area contributed by atoms with Crippen molar-refractivity contribution in [2.75, 3.05) is 18.4 Å². The van der Waals surface area contributed by atoms with Crippen LogP contribution in [0.1, 0.15) is 51.8 Å². The van der Waals surface area contributed by atoms with E-state index in [1.54, 1.807) is 0 Å². The van der Waals surface area contributed by atoms with Crippen molar-refractivity contribution in [1.29, 1.82) is 0 Å². The third kappa shape index (κ3) is 5.05. The van der Waals surface area contributed by atoms with E-state index in [1.807, 2.05) is 0 Å². The summed E-state index contributed by atoms with van der Waals surface area (Å²) in [6.45, 7) is 13.8. The molecule has 3 heteroatoms. The molecule has 102 valence electrons. The minimum Gasteiger partial charge on any atom is -0.370 e. The van der Waals surface area contributed by atoms with E-state index in [1.165, 1.54) is 5.56 Å². The summed E-state index contributed by atoms with van der Waals surface area (Å²) in [4.78, 5) is 4.63. The molecule has 0 aliphatic rings. The van der Waals surface area contributed by atoms with Gasteiger partial charge in [0.05, 0.1) is 0 Å². The fourth-order valence-electron chi connectivity index (χ4n) is 1.79. The first-order valence-corrected chi connectivity index (χ1v) is 6.98. The van der Waals surface area contributed by atoms with E-state index in [4.69, 9.17) is 0 Å².